The number of aromatic nitrogens is 4. The predicted molar refractivity (Wildman–Crippen MR) is 88.5 cm³/mol. The van der Waals surface area contributed by atoms with Crippen LogP contribution >= 0.6 is 0 Å². The van der Waals surface area contributed by atoms with Crippen molar-refractivity contribution in [3.05, 3.63) is 70.9 Å². The average molecular weight is 338 g/mol. The van der Waals surface area contributed by atoms with Gasteiger partial charge in [0.2, 0.25) is 6.20 Å². The lowest BCUT2D eigenvalue weighted by Gasteiger charge is -2.06. The van der Waals surface area contributed by atoms with E-state index in [-0.39, 0.29) is 12.1 Å². The van der Waals surface area contributed by atoms with Crippen molar-refractivity contribution in [2.45, 2.75) is 6.54 Å². The smallest absolute Gasteiger partial charge is 0.318 e. The minimum atomic E-state index is -0.451. The monoisotopic (exact) mass is 338 g/mol. The molecule has 0 spiro atoms. The molecule has 0 bridgehead atoms. The van der Waals surface area contributed by atoms with Gasteiger partial charge in [-0.3, -0.25) is 9.59 Å². The Hall–Kier alpha value is -3.55. The third-order valence-electron chi connectivity index (χ3n) is 3.87. The molecule has 0 atom stereocenters. The Kier molecular flexibility index (Phi) is 3.50. The summed E-state index contributed by atoms with van der Waals surface area (Å²) in [6.45, 7) is -0.219. The zero-order chi connectivity index (χ0) is 17.4. The minimum Gasteiger partial charge on any atom is -0.323 e. The van der Waals surface area contributed by atoms with Gasteiger partial charge in [0.25, 0.3) is 11.6 Å². The van der Waals surface area contributed by atoms with Gasteiger partial charge in [-0.15, -0.1) is 9.73 Å². The Balaban J connectivity index is 1.75. The highest BCUT2D eigenvalue weighted by Gasteiger charge is 2.20. The van der Waals surface area contributed by atoms with Crippen LogP contribution in [0.4, 0.5) is 10.1 Å². The molecule has 0 aliphatic carbocycles. The molecule has 7 nitrogen and oxygen atoms in total. The van der Waals surface area contributed by atoms with Crippen molar-refractivity contribution < 1.29 is 13.7 Å². The molecule has 0 saturated heterocycles. The normalized spacial score (nSPS) is 11.1. The molecule has 1 amide bonds. The van der Waals surface area contributed by atoms with Crippen molar-refractivity contribution >= 4 is 28.1 Å². The minimum absolute atomic E-state index is 0.219. The summed E-state index contributed by atoms with van der Waals surface area (Å²) in [5.41, 5.74) is 1.15. The van der Waals surface area contributed by atoms with Crippen molar-refractivity contribution in [2.24, 2.45) is 0 Å². The van der Waals surface area contributed by atoms with E-state index < -0.39 is 11.7 Å². The van der Waals surface area contributed by atoms with E-state index in [1.165, 1.54) is 29.0 Å². The van der Waals surface area contributed by atoms with Crippen molar-refractivity contribution in [2.75, 3.05) is 5.32 Å². The van der Waals surface area contributed by atoms with E-state index in [0.717, 1.165) is 0 Å². The van der Waals surface area contributed by atoms with Crippen molar-refractivity contribution in [1.29, 1.82) is 0 Å². The molecule has 2 aromatic heterocycles. The Bertz CT molecular complexity index is 1160. The molecule has 8 heteroatoms. The highest BCUT2D eigenvalue weighted by Crippen LogP contribution is 2.10. The molecule has 0 unspecified atom stereocenters. The topological polar surface area (TPSA) is 83.9 Å². The van der Waals surface area contributed by atoms with Crippen LogP contribution in [0.3, 0.4) is 0 Å². The molecule has 124 valence electrons. The molecule has 0 aliphatic rings. The number of benzene rings is 2. The van der Waals surface area contributed by atoms with Gasteiger partial charge >= 0.3 is 5.56 Å². The quantitative estimate of drug-likeness (QED) is 0.551. The van der Waals surface area contributed by atoms with Gasteiger partial charge in [0.15, 0.2) is 6.54 Å². The molecule has 0 radical (unpaired) electrons. The highest BCUT2D eigenvalue weighted by atomic mass is 19.1. The first-order valence-corrected chi connectivity index (χ1v) is 7.55. The first-order chi connectivity index (χ1) is 12.1. The van der Waals surface area contributed by atoms with E-state index in [0.29, 0.717) is 22.2 Å². The van der Waals surface area contributed by atoms with E-state index in [1.807, 2.05) is 6.07 Å². The second kappa shape index (κ2) is 5.82. The van der Waals surface area contributed by atoms with Crippen molar-refractivity contribution in [3.8, 4) is 0 Å². The van der Waals surface area contributed by atoms with Crippen LogP contribution in [0.2, 0.25) is 0 Å². The van der Waals surface area contributed by atoms with E-state index in [1.54, 1.807) is 28.8 Å². The molecule has 4 aromatic rings. The molecule has 2 N–H and O–H groups in total. The number of nitrogens with zero attached hydrogens (tertiary/aromatic N) is 3. The summed E-state index contributed by atoms with van der Waals surface area (Å²) in [5, 5.41) is 9.79. The maximum atomic E-state index is 13.2. The van der Waals surface area contributed by atoms with Gasteiger partial charge in [-0.1, -0.05) is 18.2 Å². The Morgan fingerprint density at radius 3 is 2.92 bits per heavy atom. The van der Waals surface area contributed by atoms with Gasteiger partial charge in [0.1, 0.15) is 11.3 Å². The maximum Gasteiger partial charge on any atom is 0.318 e. The number of carbonyl (C=O) groups excluding carboxylic acids is 1. The molecule has 25 heavy (non-hydrogen) atoms. The van der Waals surface area contributed by atoms with E-state index in [9.17, 15) is 14.0 Å². The van der Waals surface area contributed by atoms with E-state index in [4.69, 9.17) is 0 Å². The molecule has 2 aromatic carbocycles. The molecule has 0 saturated carbocycles. The molecule has 2 heterocycles. The zero-order valence-electron chi connectivity index (χ0n) is 12.9. The number of hydrogen-bond acceptors (Lipinski definition) is 3. The predicted octanol–water partition coefficient (Wildman–Crippen LogP) is 1.24. The fourth-order valence-electron chi connectivity index (χ4n) is 2.78. The second-order valence-electron chi connectivity index (χ2n) is 5.52. The van der Waals surface area contributed by atoms with Crippen LogP contribution < -0.4 is 15.4 Å². The summed E-state index contributed by atoms with van der Waals surface area (Å²) in [6.07, 6.45) is 1.48. The molecular formula is C17H13FN5O2+. The van der Waals surface area contributed by atoms with Gasteiger partial charge < -0.3 is 5.32 Å². The lowest BCUT2D eigenvalue weighted by atomic mass is 10.2. The standard InChI is InChI=1S/C17H12FN5O2/c18-11-4-3-5-12(8-11)20-15(24)10-22-16-9-19-21-23(16)14-7-2-1-6-13(14)17(22)25/h1-9H,10H2,(H,20,24)/p+1. The molecule has 4 rings (SSSR count). The van der Waals surface area contributed by atoms with Gasteiger partial charge in [0.05, 0.1) is 5.39 Å². The van der Waals surface area contributed by atoms with Gasteiger partial charge in [-0.2, -0.15) is 0 Å². The van der Waals surface area contributed by atoms with Crippen LogP contribution in [0.25, 0.3) is 16.6 Å². The Morgan fingerprint density at radius 2 is 2.08 bits per heavy atom. The van der Waals surface area contributed by atoms with Crippen molar-refractivity contribution in [1.82, 2.24) is 14.9 Å². The number of halogens is 1. The first-order valence-electron chi connectivity index (χ1n) is 7.55. The largest absolute Gasteiger partial charge is 0.323 e. The lowest BCUT2D eigenvalue weighted by molar-refractivity contribution is -0.557. The summed E-state index contributed by atoms with van der Waals surface area (Å²) in [6, 6.07) is 12.6. The fraction of sp³-hybridized carbons (Fsp3) is 0.0588. The maximum absolute atomic E-state index is 13.2. The number of carbonyl (C=O) groups is 1. The summed E-state index contributed by atoms with van der Waals surface area (Å²) in [4.78, 5) is 25.1. The fourth-order valence-corrected chi connectivity index (χ4v) is 2.78. The molecular weight excluding hydrogens is 325 g/mol. The van der Waals surface area contributed by atoms with Crippen LogP contribution in [0, 0.1) is 5.82 Å². The van der Waals surface area contributed by atoms with Crippen LogP contribution in [0.1, 0.15) is 0 Å². The van der Waals surface area contributed by atoms with E-state index >= 15 is 0 Å². The third kappa shape index (κ3) is 2.63. The Morgan fingerprint density at radius 1 is 1.24 bits per heavy atom. The van der Waals surface area contributed by atoms with Crippen LogP contribution in [0.5, 0.6) is 0 Å². The first kappa shape index (κ1) is 15.0. The zero-order valence-corrected chi connectivity index (χ0v) is 12.9. The van der Waals surface area contributed by atoms with Crippen LogP contribution in [-0.2, 0) is 11.3 Å². The number of para-hydroxylation sites is 1. The third-order valence-corrected chi connectivity index (χ3v) is 3.87. The number of aromatic amines is 1. The Labute approximate surface area is 140 Å². The van der Waals surface area contributed by atoms with Gasteiger partial charge in [-0.05, 0) is 35.4 Å². The summed E-state index contributed by atoms with van der Waals surface area (Å²) < 4.78 is 16.2. The summed E-state index contributed by atoms with van der Waals surface area (Å²) in [5.74, 6) is -0.889. The number of nitrogens with one attached hydrogen (secondary N) is 2. The van der Waals surface area contributed by atoms with Crippen LogP contribution in [0.15, 0.2) is 59.5 Å². The number of hydrogen-bond donors (Lipinski definition) is 2. The number of rotatable bonds is 3. The van der Waals surface area contributed by atoms with Crippen molar-refractivity contribution in [3.63, 3.8) is 0 Å². The summed E-state index contributed by atoms with van der Waals surface area (Å²) >= 11 is 0. The number of H-pyrrole nitrogens is 1. The molecule has 0 aliphatic heterocycles. The second-order valence-corrected chi connectivity index (χ2v) is 5.52. The number of amides is 1. The summed E-state index contributed by atoms with van der Waals surface area (Å²) in [7, 11) is 0. The van der Waals surface area contributed by atoms with Gasteiger partial charge in [0, 0.05) is 5.69 Å². The number of fused-ring (bicyclic) bond motifs is 3. The highest BCUT2D eigenvalue weighted by molar-refractivity contribution is 5.91. The van der Waals surface area contributed by atoms with Gasteiger partial charge in [-0.25, -0.2) is 8.96 Å². The molecule has 0 fully saturated rings. The van der Waals surface area contributed by atoms with Crippen LogP contribution in [-0.4, -0.2) is 20.8 Å². The average Bonchev–Trinajstić information content (AvgIpc) is 3.08. The SMILES string of the molecule is O=C(Cn1c(=O)c2ccccc2[n+]2[nH]ncc12)Nc1cccc(F)c1. The lowest BCUT2D eigenvalue weighted by Crippen LogP contribution is -2.37. The van der Waals surface area contributed by atoms with E-state index in [2.05, 4.69) is 15.6 Å². The number of anilines is 1.